The second-order valence-corrected chi connectivity index (χ2v) is 9.09. The van der Waals surface area contributed by atoms with Crippen LogP contribution in [-0.2, 0) is 13.0 Å². The molecule has 0 atom stereocenters. The van der Waals surface area contributed by atoms with Gasteiger partial charge in [-0.05, 0) is 50.4 Å². The molecule has 0 spiro atoms. The molecular weight excluding hydrogens is 418 g/mol. The number of aromatic nitrogens is 4. The Balaban J connectivity index is 1.19. The van der Waals surface area contributed by atoms with Gasteiger partial charge >= 0.3 is 0 Å². The minimum absolute atomic E-state index is 0.232. The number of pyridine rings is 1. The summed E-state index contributed by atoms with van der Waals surface area (Å²) in [5.41, 5.74) is 3.28. The Kier molecular flexibility index (Phi) is 6.98. The fraction of sp³-hybridized carbons (Fsp3) is 0.450. The van der Waals surface area contributed by atoms with Gasteiger partial charge in [0.05, 0.1) is 16.3 Å². The fourth-order valence-electron chi connectivity index (χ4n) is 3.44. The maximum Gasteiger partial charge on any atom is 0.259 e. The number of piperidine rings is 1. The van der Waals surface area contributed by atoms with E-state index < -0.39 is 0 Å². The maximum absolute atomic E-state index is 12.2. The quantitative estimate of drug-likeness (QED) is 0.550. The lowest BCUT2D eigenvalue weighted by atomic mass is 9.96. The normalized spacial score (nSPS) is 15.2. The highest BCUT2D eigenvalue weighted by Crippen LogP contribution is 2.21. The minimum atomic E-state index is -0.232. The Morgan fingerprint density at radius 2 is 2.13 bits per heavy atom. The Morgan fingerprint density at radius 3 is 2.80 bits per heavy atom. The predicted molar refractivity (Wildman–Crippen MR) is 120 cm³/mol. The smallest absolute Gasteiger partial charge is 0.259 e. The van der Waals surface area contributed by atoms with Crippen LogP contribution in [0.15, 0.2) is 29.2 Å². The number of rotatable bonds is 8. The molecule has 3 aromatic heterocycles. The van der Waals surface area contributed by atoms with Gasteiger partial charge in [-0.3, -0.25) is 15.0 Å². The molecule has 0 aromatic carbocycles. The first kappa shape index (κ1) is 20.8. The molecule has 0 radical (unpaired) electrons. The average Bonchev–Trinajstić information content (AvgIpc) is 3.45. The number of hydrogen-bond donors (Lipinski definition) is 2. The minimum Gasteiger partial charge on any atom is -0.370 e. The average molecular weight is 444 g/mol. The van der Waals surface area contributed by atoms with E-state index in [0.717, 1.165) is 38.4 Å². The Labute approximate surface area is 183 Å². The van der Waals surface area contributed by atoms with E-state index in [1.807, 2.05) is 6.07 Å². The van der Waals surface area contributed by atoms with Gasteiger partial charge in [0.2, 0.25) is 5.13 Å². The van der Waals surface area contributed by atoms with E-state index in [0.29, 0.717) is 16.6 Å². The summed E-state index contributed by atoms with van der Waals surface area (Å²) in [5.74, 6) is 1.19. The van der Waals surface area contributed by atoms with E-state index in [1.54, 1.807) is 29.1 Å². The molecular formula is C20H25N7OS2. The van der Waals surface area contributed by atoms with Crippen LogP contribution in [0.4, 0.5) is 10.9 Å². The summed E-state index contributed by atoms with van der Waals surface area (Å²) in [6.07, 6.45) is 4.93. The van der Waals surface area contributed by atoms with Gasteiger partial charge in [-0.1, -0.05) is 18.3 Å². The van der Waals surface area contributed by atoms with E-state index in [9.17, 15) is 4.79 Å². The van der Waals surface area contributed by atoms with Crippen LogP contribution in [0.5, 0.6) is 0 Å². The lowest BCUT2D eigenvalue weighted by Crippen LogP contribution is -2.35. The van der Waals surface area contributed by atoms with Crippen molar-refractivity contribution in [2.24, 2.45) is 5.92 Å². The molecule has 30 heavy (non-hydrogen) atoms. The van der Waals surface area contributed by atoms with Crippen LogP contribution in [0.3, 0.4) is 0 Å². The van der Waals surface area contributed by atoms with Gasteiger partial charge in [-0.15, -0.1) is 21.5 Å². The van der Waals surface area contributed by atoms with Crippen LogP contribution in [0.1, 0.15) is 40.8 Å². The van der Waals surface area contributed by atoms with Crippen molar-refractivity contribution in [3.8, 4) is 0 Å². The van der Waals surface area contributed by atoms with Crippen molar-refractivity contribution in [2.75, 3.05) is 30.3 Å². The Morgan fingerprint density at radius 1 is 1.27 bits per heavy atom. The summed E-state index contributed by atoms with van der Waals surface area (Å²) in [4.78, 5) is 23.7. The highest BCUT2D eigenvalue weighted by molar-refractivity contribution is 7.13. The number of likely N-dealkylation sites (tertiary alicyclic amines) is 1. The van der Waals surface area contributed by atoms with Crippen molar-refractivity contribution < 1.29 is 4.79 Å². The van der Waals surface area contributed by atoms with Crippen LogP contribution in [0.2, 0.25) is 0 Å². The molecule has 1 aliphatic heterocycles. The molecule has 10 heteroatoms. The number of hydrogen-bond acceptors (Lipinski definition) is 9. The van der Waals surface area contributed by atoms with Crippen molar-refractivity contribution >= 4 is 39.5 Å². The molecule has 3 aromatic rings. The zero-order valence-corrected chi connectivity index (χ0v) is 18.5. The summed E-state index contributed by atoms with van der Waals surface area (Å²) in [6, 6.07) is 3.62. The third kappa shape index (κ3) is 5.59. The number of nitrogens with zero attached hydrogens (tertiary/aromatic N) is 5. The van der Waals surface area contributed by atoms with Crippen molar-refractivity contribution in [1.29, 1.82) is 0 Å². The summed E-state index contributed by atoms with van der Waals surface area (Å²) in [7, 11) is 0. The molecule has 2 N–H and O–H groups in total. The molecule has 8 nitrogen and oxygen atoms in total. The summed E-state index contributed by atoms with van der Waals surface area (Å²) in [5, 5.41) is 17.5. The zero-order chi connectivity index (χ0) is 20.8. The topological polar surface area (TPSA) is 95.9 Å². The molecule has 0 aliphatic carbocycles. The Hall–Kier alpha value is -2.43. The lowest BCUT2D eigenvalue weighted by molar-refractivity contribution is 0.102. The first-order valence-electron chi connectivity index (χ1n) is 10.1. The second kappa shape index (κ2) is 10.1. The summed E-state index contributed by atoms with van der Waals surface area (Å²) in [6.45, 7) is 6.21. The van der Waals surface area contributed by atoms with Crippen LogP contribution in [-0.4, -0.2) is 50.6 Å². The monoisotopic (exact) mass is 443 g/mol. The molecule has 0 unspecified atom stereocenters. The van der Waals surface area contributed by atoms with E-state index >= 15 is 0 Å². The second-order valence-electron chi connectivity index (χ2n) is 7.32. The number of nitrogens with one attached hydrogen (secondary N) is 2. The number of amides is 1. The lowest BCUT2D eigenvalue weighted by Gasteiger charge is -2.31. The SMILES string of the molecule is CCc1nc(CN2CCC(CNc3ccc(C(=O)Nc4nncs4)cn3)CC2)cs1. The maximum atomic E-state index is 12.2. The van der Waals surface area contributed by atoms with Gasteiger partial charge in [-0.2, -0.15) is 0 Å². The van der Waals surface area contributed by atoms with Gasteiger partial charge < -0.3 is 5.32 Å². The van der Waals surface area contributed by atoms with Crippen LogP contribution in [0.25, 0.3) is 0 Å². The number of thiazole rings is 1. The molecule has 1 amide bonds. The largest absolute Gasteiger partial charge is 0.370 e. The van der Waals surface area contributed by atoms with Crippen LogP contribution < -0.4 is 10.6 Å². The molecule has 0 bridgehead atoms. The number of aryl methyl sites for hydroxylation is 1. The van der Waals surface area contributed by atoms with Gasteiger partial charge in [0.25, 0.3) is 5.91 Å². The van der Waals surface area contributed by atoms with Gasteiger partial charge in [0.15, 0.2) is 0 Å². The molecule has 1 fully saturated rings. The highest BCUT2D eigenvalue weighted by Gasteiger charge is 2.20. The molecule has 4 heterocycles. The number of carbonyl (C=O) groups is 1. The third-order valence-electron chi connectivity index (χ3n) is 5.17. The first-order valence-corrected chi connectivity index (χ1v) is 11.9. The number of anilines is 2. The van der Waals surface area contributed by atoms with E-state index in [2.05, 4.69) is 48.0 Å². The van der Waals surface area contributed by atoms with E-state index in [-0.39, 0.29) is 5.91 Å². The molecule has 0 saturated carbocycles. The summed E-state index contributed by atoms with van der Waals surface area (Å²) >= 11 is 3.04. The van der Waals surface area contributed by atoms with Gasteiger partial charge in [-0.25, -0.2) is 9.97 Å². The predicted octanol–water partition coefficient (Wildman–Crippen LogP) is 3.53. The van der Waals surface area contributed by atoms with Crippen molar-refractivity contribution in [3.05, 3.63) is 45.5 Å². The van der Waals surface area contributed by atoms with E-state index in [1.165, 1.54) is 34.9 Å². The van der Waals surface area contributed by atoms with Crippen molar-refractivity contribution in [1.82, 2.24) is 25.1 Å². The molecule has 1 aliphatic rings. The number of carbonyl (C=O) groups excluding carboxylic acids is 1. The van der Waals surface area contributed by atoms with Crippen molar-refractivity contribution in [2.45, 2.75) is 32.7 Å². The first-order chi connectivity index (χ1) is 14.7. The van der Waals surface area contributed by atoms with Crippen molar-refractivity contribution in [3.63, 3.8) is 0 Å². The van der Waals surface area contributed by atoms with Crippen LogP contribution in [0, 0.1) is 5.92 Å². The third-order valence-corrected chi connectivity index (χ3v) is 6.82. The van der Waals surface area contributed by atoms with Gasteiger partial charge in [0, 0.05) is 24.7 Å². The van der Waals surface area contributed by atoms with Crippen LogP contribution >= 0.6 is 22.7 Å². The molecule has 1 saturated heterocycles. The van der Waals surface area contributed by atoms with Gasteiger partial charge in [0.1, 0.15) is 11.3 Å². The summed E-state index contributed by atoms with van der Waals surface area (Å²) < 4.78 is 0. The molecule has 4 rings (SSSR count). The standard InChI is InChI=1S/C20H25N7OS2/c1-2-18-24-16(12-29-18)11-27-7-5-14(6-8-27)9-21-17-4-3-15(10-22-17)19(28)25-20-26-23-13-30-20/h3-4,10,12-14H,2,5-9,11H2,1H3,(H,21,22)(H,25,26,28). The molecule has 158 valence electrons. The Bertz CT molecular complexity index is 934. The zero-order valence-electron chi connectivity index (χ0n) is 16.9. The van der Waals surface area contributed by atoms with E-state index in [4.69, 9.17) is 0 Å². The fourth-order valence-corrected chi connectivity index (χ4v) is 4.62. The highest BCUT2D eigenvalue weighted by atomic mass is 32.1.